The minimum atomic E-state index is 0.558. The second-order valence-electron chi connectivity index (χ2n) is 4.78. The Morgan fingerprint density at radius 2 is 2.21 bits per heavy atom. The Labute approximate surface area is 112 Å². The van der Waals surface area contributed by atoms with Gasteiger partial charge in [-0.05, 0) is 30.9 Å². The third kappa shape index (κ3) is 2.42. The largest absolute Gasteiger partial charge is 0.308 e. The fraction of sp³-hybridized carbons (Fsp3) is 0.357. The smallest absolute Gasteiger partial charge is 0.180 e. The molecule has 5 nitrogen and oxygen atoms in total. The quantitative estimate of drug-likeness (QED) is 0.647. The zero-order valence-electron chi connectivity index (χ0n) is 10.9. The van der Waals surface area contributed by atoms with Crippen LogP contribution >= 0.6 is 0 Å². The van der Waals surface area contributed by atoms with Gasteiger partial charge in [0.1, 0.15) is 11.5 Å². The number of nitrogens with one attached hydrogen (secondary N) is 1. The van der Waals surface area contributed by atoms with Gasteiger partial charge in [0.2, 0.25) is 0 Å². The molecule has 1 aliphatic carbocycles. The highest BCUT2D eigenvalue weighted by Gasteiger charge is 2.26. The van der Waals surface area contributed by atoms with Crippen LogP contribution in [0.4, 0.5) is 5.82 Å². The van der Waals surface area contributed by atoms with E-state index in [0.29, 0.717) is 17.6 Å². The average Bonchev–Trinajstić information content (AvgIpc) is 3.31. The molecule has 0 atom stereocenters. The Balaban J connectivity index is 2.10. The zero-order valence-corrected chi connectivity index (χ0v) is 10.9. The van der Waals surface area contributed by atoms with Crippen molar-refractivity contribution >= 4 is 5.82 Å². The summed E-state index contributed by atoms with van der Waals surface area (Å²) in [4.78, 5) is 13.5. The molecule has 2 heterocycles. The van der Waals surface area contributed by atoms with Gasteiger partial charge in [-0.2, -0.15) is 0 Å². The lowest BCUT2D eigenvalue weighted by Crippen LogP contribution is -2.11. The molecular formula is C14H17N5. The summed E-state index contributed by atoms with van der Waals surface area (Å²) in [6.07, 6.45) is 5.08. The van der Waals surface area contributed by atoms with Crippen molar-refractivity contribution in [3.05, 3.63) is 35.7 Å². The van der Waals surface area contributed by atoms with Crippen LogP contribution in [0.1, 0.15) is 36.9 Å². The number of anilines is 1. The van der Waals surface area contributed by atoms with Crippen molar-refractivity contribution in [2.45, 2.75) is 32.1 Å². The van der Waals surface area contributed by atoms with E-state index in [1.54, 1.807) is 6.20 Å². The van der Waals surface area contributed by atoms with Crippen molar-refractivity contribution in [3.8, 4) is 11.5 Å². The van der Waals surface area contributed by atoms with E-state index in [2.05, 4.69) is 33.4 Å². The molecule has 0 unspecified atom stereocenters. The number of hydrogen-bond acceptors (Lipinski definition) is 5. The topological polar surface area (TPSA) is 76.7 Å². The Bertz CT molecular complexity index is 592. The summed E-state index contributed by atoms with van der Waals surface area (Å²) < 4.78 is 0. The van der Waals surface area contributed by atoms with Crippen molar-refractivity contribution in [1.82, 2.24) is 15.0 Å². The summed E-state index contributed by atoms with van der Waals surface area (Å²) in [7, 11) is 0. The molecule has 19 heavy (non-hydrogen) atoms. The van der Waals surface area contributed by atoms with Gasteiger partial charge in [0, 0.05) is 23.9 Å². The molecule has 0 amide bonds. The predicted octanol–water partition coefficient (Wildman–Crippen LogP) is 2.26. The van der Waals surface area contributed by atoms with Gasteiger partial charge in [0.25, 0.3) is 0 Å². The maximum absolute atomic E-state index is 5.50. The van der Waals surface area contributed by atoms with E-state index in [-0.39, 0.29) is 0 Å². The fourth-order valence-electron chi connectivity index (χ4n) is 2.16. The number of hydrogen-bond donors (Lipinski definition) is 2. The first-order valence-electron chi connectivity index (χ1n) is 6.61. The highest BCUT2D eigenvalue weighted by atomic mass is 15.3. The standard InChI is InChI=1S/C14H17N5/c1-2-9-4-3-7-16-13(9)14-17-11(10-5-6-10)8-12(18-14)19-15/h3-4,7-8,10H,2,5-6,15H2,1H3,(H,17,18,19). The summed E-state index contributed by atoms with van der Waals surface area (Å²) in [5.74, 6) is 7.37. The number of nitrogens with zero attached hydrogens (tertiary/aromatic N) is 3. The summed E-state index contributed by atoms with van der Waals surface area (Å²) >= 11 is 0. The van der Waals surface area contributed by atoms with E-state index in [4.69, 9.17) is 5.84 Å². The molecule has 98 valence electrons. The molecule has 2 aromatic rings. The maximum Gasteiger partial charge on any atom is 0.180 e. The van der Waals surface area contributed by atoms with Crippen LogP contribution in [0.3, 0.4) is 0 Å². The molecule has 1 saturated carbocycles. The molecule has 3 rings (SSSR count). The van der Waals surface area contributed by atoms with Crippen LogP contribution in [-0.2, 0) is 6.42 Å². The Morgan fingerprint density at radius 3 is 2.89 bits per heavy atom. The highest BCUT2D eigenvalue weighted by Crippen LogP contribution is 2.40. The molecule has 0 aliphatic heterocycles. The molecule has 3 N–H and O–H groups in total. The molecule has 1 fully saturated rings. The maximum atomic E-state index is 5.50. The summed E-state index contributed by atoms with van der Waals surface area (Å²) in [5, 5.41) is 0. The van der Waals surface area contributed by atoms with Gasteiger partial charge in [-0.1, -0.05) is 13.0 Å². The van der Waals surface area contributed by atoms with Gasteiger partial charge in [-0.15, -0.1) is 0 Å². The van der Waals surface area contributed by atoms with Gasteiger partial charge in [-0.3, -0.25) is 4.98 Å². The van der Waals surface area contributed by atoms with Crippen LogP contribution in [-0.4, -0.2) is 15.0 Å². The number of nitrogens with two attached hydrogens (primary N) is 1. The monoisotopic (exact) mass is 255 g/mol. The Hall–Kier alpha value is -2.01. The van der Waals surface area contributed by atoms with Gasteiger partial charge < -0.3 is 5.43 Å². The van der Waals surface area contributed by atoms with Crippen molar-refractivity contribution in [2.24, 2.45) is 5.84 Å². The van der Waals surface area contributed by atoms with E-state index < -0.39 is 0 Å². The Morgan fingerprint density at radius 1 is 1.37 bits per heavy atom. The average molecular weight is 255 g/mol. The zero-order chi connectivity index (χ0) is 13.2. The second kappa shape index (κ2) is 4.93. The molecule has 5 heteroatoms. The first-order chi connectivity index (χ1) is 9.31. The van der Waals surface area contributed by atoms with Crippen molar-refractivity contribution in [1.29, 1.82) is 0 Å². The van der Waals surface area contributed by atoms with Gasteiger partial charge in [0.05, 0.1) is 0 Å². The summed E-state index contributed by atoms with van der Waals surface area (Å²) in [6, 6.07) is 5.93. The van der Waals surface area contributed by atoms with Gasteiger partial charge in [0.15, 0.2) is 5.82 Å². The molecule has 1 aliphatic rings. The van der Waals surface area contributed by atoms with Crippen LogP contribution in [0.25, 0.3) is 11.5 Å². The minimum Gasteiger partial charge on any atom is -0.308 e. The van der Waals surface area contributed by atoms with Crippen molar-refractivity contribution < 1.29 is 0 Å². The summed E-state index contributed by atoms with van der Waals surface area (Å²) in [5.41, 5.74) is 5.68. The third-order valence-electron chi connectivity index (χ3n) is 3.37. The molecule has 0 aromatic carbocycles. The first kappa shape index (κ1) is 12.0. The van der Waals surface area contributed by atoms with Crippen LogP contribution in [0.5, 0.6) is 0 Å². The molecule has 0 spiro atoms. The van der Waals surface area contributed by atoms with Crippen molar-refractivity contribution in [2.75, 3.05) is 5.43 Å². The van der Waals surface area contributed by atoms with E-state index in [1.165, 1.54) is 12.8 Å². The third-order valence-corrected chi connectivity index (χ3v) is 3.37. The number of aryl methyl sites for hydroxylation is 1. The van der Waals surface area contributed by atoms with E-state index in [1.807, 2.05) is 12.1 Å². The van der Waals surface area contributed by atoms with Crippen LogP contribution in [0.15, 0.2) is 24.4 Å². The lowest BCUT2D eigenvalue weighted by atomic mass is 10.1. The van der Waals surface area contributed by atoms with Crippen LogP contribution in [0.2, 0.25) is 0 Å². The molecule has 0 radical (unpaired) electrons. The lowest BCUT2D eigenvalue weighted by Gasteiger charge is -2.09. The van der Waals surface area contributed by atoms with Crippen LogP contribution < -0.4 is 11.3 Å². The number of pyridine rings is 1. The Kier molecular flexibility index (Phi) is 3.13. The van der Waals surface area contributed by atoms with Crippen molar-refractivity contribution in [3.63, 3.8) is 0 Å². The second-order valence-corrected chi connectivity index (χ2v) is 4.78. The van der Waals surface area contributed by atoms with Crippen LogP contribution in [0, 0.1) is 0 Å². The normalized spacial score (nSPS) is 14.4. The van der Waals surface area contributed by atoms with Gasteiger partial charge >= 0.3 is 0 Å². The predicted molar refractivity (Wildman–Crippen MR) is 74.4 cm³/mol. The highest BCUT2D eigenvalue weighted by molar-refractivity contribution is 5.57. The number of rotatable bonds is 4. The van der Waals surface area contributed by atoms with E-state index in [0.717, 1.165) is 23.4 Å². The number of nitrogen functional groups attached to an aromatic ring is 1. The SMILES string of the molecule is CCc1cccnc1-c1nc(NN)cc(C2CC2)n1. The van der Waals surface area contributed by atoms with E-state index in [9.17, 15) is 0 Å². The number of aromatic nitrogens is 3. The summed E-state index contributed by atoms with van der Waals surface area (Å²) in [6.45, 7) is 2.10. The minimum absolute atomic E-state index is 0.558. The lowest BCUT2D eigenvalue weighted by molar-refractivity contribution is 0.976. The molecule has 0 bridgehead atoms. The molecular weight excluding hydrogens is 238 g/mol. The van der Waals surface area contributed by atoms with Gasteiger partial charge in [-0.25, -0.2) is 15.8 Å². The first-order valence-corrected chi connectivity index (χ1v) is 6.61. The number of hydrazine groups is 1. The molecule has 0 saturated heterocycles. The van der Waals surface area contributed by atoms with E-state index >= 15 is 0 Å². The molecule has 2 aromatic heterocycles. The fourth-order valence-corrected chi connectivity index (χ4v) is 2.16.